The van der Waals surface area contributed by atoms with Crippen molar-refractivity contribution in [3.8, 4) is 0 Å². The van der Waals surface area contributed by atoms with Gasteiger partial charge < -0.3 is 9.84 Å². The average Bonchev–Trinajstić information content (AvgIpc) is 3.11. The van der Waals surface area contributed by atoms with Crippen LogP contribution in [0.5, 0.6) is 0 Å². The zero-order chi connectivity index (χ0) is 16.7. The van der Waals surface area contributed by atoms with Gasteiger partial charge in [0.25, 0.3) is 0 Å². The van der Waals surface area contributed by atoms with Gasteiger partial charge in [0.2, 0.25) is 0 Å². The van der Waals surface area contributed by atoms with E-state index in [-0.39, 0.29) is 5.56 Å². The van der Waals surface area contributed by atoms with Crippen molar-refractivity contribution < 1.29 is 14.6 Å². The van der Waals surface area contributed by atoms with Crippen molar-refractivity contribution in [1.82, 2.24) is 19.7 Å². The molecule has 0 unspecified atom stereocenters. The van der Waals surface area contributed by atoms with Gasteiger partial charge in [-0.3, -0.25) is 4.68 Å². The van der Waals surface area contributed by atoms with Crippen LogP contribution in [0, 0.1) is 0 Å². The predicted octanol–water partition coefficient (Wildman–Crippen LogP) is 2.37. The first-order valence-corrected chi connectivity index (χ1v) is 8.24. The largest absolute Gasteiger partial charge is 0.478 e. The van der Waals surface area contributed by atoms with E-state index < -0.39 is 5.97 Å². The molecule has 7 nitrogen and oxygen atoms in total. The van der Waals surface area contributed by atoms with Crippen molar-refractivity contribution in [3.05, 3.63) is 39.8 Å². The monoisotopic (exact) mass is 342 g/mol. The molecule has 1 N–H and O–H groups in total. The van der Waals surface area contributed by atoms with Gasteiger partial charge >= 0.3 is 5.97 Å². The smallest absolute Gasteiger partial charge is 0.337 e. The van der Waals surface area contributed by atoms with Gasteiger partial charge in [-0.25, -0.2) is 14.8 Å². The summed E-state index contributed by atoms with van der Waals surface area (Å²) in [6.45, 7) is 1.29. The molecule has 0 spiro atoms. The molecule has 0 aromatic carbocycles. The molecule has 4 heterocycles. The van der Waals surface area contributed by atoms with Crippen LogP contribution in [0.3, 0.4) is 0 Å². The molecule has 4 rings (SSSR count). The molecule has 0 aliphatic carbocycles. The summed E-state index contributed by atoms with van der Waals surface area (Å²) in [5.41, 5.74) is 3.94. The lowest BCUT2D eigenvalue weighted by Crippen LogP contribution is -2.08. The van der Waals surface area contributed by atoms with Crippen LogP contribution in [0.25, 0.3) is 22.5 Å². The molecule has 0 saturated carbocycles. The Balaban J connectivity index is 1.68. The lowest BCUT2D eigenvalue weighted by atomic mass is 10.1. The molecule has 24 heavy (non-hydrogen) atoms. The Labute approximate surface area is 141 Å². The zero-order valence-electron chi connectivity index (χ0n) is 12.9. The third kappa shape index (κ3) is 2.59. The molecule has 8 heteroatoms. The highest BCUT2D eigenvalue weighted by Gasteiger charge is 2.18. The first-order chi connectivity index (χ1) is 11.6. The Bertz CT molecular complexity index is 973. The van der Waals surface area contributed by atoms with Crippen molar-refractivity contribution in [2.75, 3.05) is 6.61 Å². The van der Waals surface area contributed by atoms with Gasteiger partial charge in [-0.1, -0.05) is 11.3 Å². The number of aromatic nitrogens is 4. The van der Waals surface area contributed by atoms with Gasteiger partial charge in [0, 0.05) is 25.2 Å². The van der Waals surface area contributed by atoms with Gasteiger partial charge in [0.05, 0.1) is 30.2 Å². The van der Waals surface area contributed by atoms with Crippen molar-refractivity contribution in [2.45, 2.75) is 13.0 Å². The molecule has 3 aromatic heterocycles. The SMILES string of the molecule is Cn1nc2c(c1/C=C/c1nc3cc(C(=O)O)cnc3s1)COCC2. The van der Waals surface area contributed by atoms with E-state index in [9.17, 15) is 4.79 Å². The first-order valence-electron chi connectivity index (χ1n) is 7.42. The van der Waals surface area contributed by atoms with Crippen molar-refractivity contribution in [1.29, 1.82) is 0 Å². The summed E-state index contributed by atoms with van der Waals surface area (Å²) in [6, 6.07) is 1.54. The topological polar surface area (TPSA) is 90.1 Å². The zero-order valence-corrected chi connectivity index (χ0v) is 13.7. The number of carboxylic acids is 1. The average molecular weight is 342 g/mol. The van der Waals surface area contributed by atoms with Crippen LogP contribution in [0.4, 0.5) is 0 Å². The predicted molar refractivity (Wildman–Crippen MR) is 89.9 cm³/mol. The quantitative estimate of drug-likeness (QED) is 0.786. The second-order valence-electron chi connectivity index (χ2n) is 5.48. The number of pyridine rings is 1. The molecule has 1 aliphatic rings. The van der Waals surface area contributed by atoms with Gasteiger partial charge in [0.15, 0.2) is 0 Å². The minimum absolute atomic E-state index is 0.140. The summed E-state index contributed by atoms with van der Waals surface area (Å²) in [5.74, 6) is -1.00. The Morgan fingerprint density at radius 3 is 3.17 bits per heavy atom. The normalized spacial score (nSPS) is 14.4. The van der Waals surface area contributed by atoms with E-state index in [1.165, 1.54) is 23.6 Å². The highest BCUT2D eigenvalue weighted by atomic mass is 32.1. The summed E-state index contributed by atoms with van der Waals surface area (Å²) in [5, 5.41) is 14.3. The van der Waals surface area contributed by atoms with Crippen molar-refractivity contribution >= 4 is 39.8 Å². The van der Waals surface area contributed by atoms with Gasteiger partial charge in [0.1, 0.15) is 15.4 Å². The number of aromatic carboxylic acids is 1. The third-order valence-corrected chi connectivity index (χ3v) is 4.85. The molecular formula is C16H14N4O3S. The van der Waals surface area contributed by atoms with Crippen molar-refractivity contribution in [3.63, 3.8) is 0 Å². The number of thiazole rings is 1. The van der Waals surface area contributed by atoms with Crippen LogP contribution in [0.2, 0.25) is 0 Å². The molecule has 0 atom stereocenters. The van der Waals surface area contributed by atoms with E-state index in [0.29, 0.717) is 18.7 Å². The van der Waals surface area contributed by atoms with Gasteiger partial charge in [-0.05, 0) is 18.2 Å². The summed E-state index contributed by atoms with van der Waals surface area (Å²) in [4.78, 5) is 20.3. The maximum Gasteiger partial charge on any atom is 0.337 e. The van der Waals surface area contributed by atoms with E-state index in [2.05, 4.69) is 15.1 Å². The molecule has 3 aromatic rings. The highest BCUT2D eigenvalue weighted by molar-refractivity contribution is 7.18. The second-order valence-corrected chi connectivity index (χ2v) is 6.48. The number of nitrogens with zero attached hydrogens (tertiary/aromatic N) is 4. The van der Waals surface area contributed by atoms with Gasteiger partial charge in [-0.15, -0.1) is 0 Å². The molecule has 122 valence electrons. The van der Waals surface area contributed by atoms with Gasteiger partial charge in [-0.2, -0.15) is 5.10 Å². The van der Waals surface area contributed by atoms with E-state index in [1.54, 1.807) is 0 Å². The van der Waals surface area contributed by atoms with E-state index in [1.807, 2.05) is 23.9 Å². The Hall–Kier alpha value is -2.58. The highest BCUT2D eigenvalue weighted by Crippen LogP contribution is 2.25. The van der Waals surface area contributed by atoms with Crippen LogP contribution >= 0.6 is 11.3 Å². The molecule has 0 bridgehead atoms. The standard InChI is InChI=1S/C16H14N4O3S/c1-20-13(10-8-23-5-4-11(10)19-20)2-3-14-18-12-6-9(16(21)22)7-17-15(12)24-14/h2-3,6-7H,4-5,8H2,1H3,(H,21,22)/b3-2+. The molecular weight excluding hydrogens is 328 g/mol. The molecule has 1 aliphatic heterocycles. The molecule has 0 radical (unpaired) electrons. The third-order valence-electron chi connectivity index (χ3n) is 3.90. The number of hydrogen-bond acceptors (Lipinski definition) is 6. The second kappa shape index (κ2) is 5.81. The summed E-state index contributed by atoms with van der Waals surface area (Å²) in [6.07, 6.45) is 6.06. The van der Waals surface area contributed by atoms with Crippen LogP contribution in [0.15, 0.2) is 12.3 Å². The number of ether oxygens (including phenoxy) is 1. The Morgan fingerprint density at radius 2 is 2.33 bits per heavy atom. The van der Waals surface area contributed by atoms with E-state index in [4.69, 9.17) is 9.84 Å². The van der Waals surface area contributed by atoms with E-state index in [0.717, 1.165) is 33.2 Å². The summed E-state index contributed by atoms with van der Waals surface area (Å²) in [7, 11) is 1.91. The molecule has 0 amide bonds. The number of fused-ring (bicyclic) bond motifs is 2. The summed E-state index contributed by atoms with van der Waals surface area (Å²) >= 11 is 1.42. The van der Waals surface area contributed by atoms with Crippen LogP contribution < -0.4 is 0 Å². The minimum Gasteiger partial charge on any atom is -0.478 e. The number of hydrogen-bond donors (Lipinski definition) is 1. The van der Waals surface area contributed by atoms with Crippen LogP contribution in [-0.2, 0) is 24.8 Å². The lowest BCUT2D eigenvalue weighted by Gasteiger charge is -2.10. The maximum atomic E-state index is 11.0. The fourth-order valence-corrected chi connectivity index (χ4v) is 3.52. The Kier molecular flexibility index (Phi) is 3.62. The molecule has 0 saturated heterocycles. The molecule has 0 fully saturated rings. The summed E-state index contributed by atoms with van der Waals surface area (Å²) < 4.78 is 7.37. The fourth-order valence-electron chi connectivity index (χ4n) is 2.73. The first kappa shape index (κ1) is 15.0. The van der Waals surface area contributed by atoms with E-state index >= 15 is 0 Å². The fraction of sp³-hybridized carbons (Fsp3) is 0.250. The number of carboxylic acid groups (broad SMARTS) is 1. The van der Waals surface area contributed by atoms with Crippen LogP contribution in [-0.4, -0.2) is 37.4 Å². The number of aryl methyl sites for hydroxylation is 1. The number of carbonyl (C=O) groups is 1. The van der Waals surface area contributed by atoms with Crippen LogP contribution in [0.1, 0.15) is 32.3 Å². The minimum atomic E-state index is -1.00. The van der Waals surface area contributed by atoms with Crippen molar-refractivity contribution in [2.24, 2.45) is 7.05 Å². The maximum absolute atomic E-state index is 11.0. The Morgan fingerprint density at radius 1 is 1.46 bits per heavy atom. The lowest BCUT2D eigenvalue weighted by molar-refractivity contribution is 0.0696. The number of rotatable bonds is 3.